The van der Waals surface area contributed by atoms with Crippen molar-refractivity contribution in [3.63, 3.8) is 0 Å². The molecule has 1 aromatic carbocycles. The molecule has 0 saturated carbocycles. The van der Waals surface area contributed by atoms with E-state index >= 15 is 0 Å². The van der Waals surface area contributed by atoms with E-state index in [4.69, 9.17) is 4.98 Å². The molecular formula is C33H43FN8O. The zero-order chi connectivity index (χ0) is 30.1. The van der Waals surface area contributed by atoms with Gasteiger partial charge in [0.1, 0.15) is 5.82 Å². The standard InChI is InChI=1S/C33H43FN8O/c1-23-18-41(28(17-37-23)20-39-12-13-40(19-24(39)2)32-35-10-5-11-36-32)21-30(43)42-22-33(3,4)31-29(42)15-26(16-38-31)14-25-6-8-27(34)9-7-25/h5-11,15-16,23-24,28,37H,12-14,17-22H2,1-4H3/t23-,24-,28-/m1/s1. The molecule has 5 heterocycles. The average Bonchev–Trinajstić information content (AvgIpc) is 3.27. The molecule has 0 aliphatic carbocycles. The lowest BCUT2D eigenvalue weighted by Crippen LogP contribution is -2.63. The molecule has 2 aromatic heterocycles. The maximum Gasteiger partial charge on any atom is 0.241 e. The van der Waals surface area contributed by atoms with E-state index < -0.39 is 0 Å². The number of pyridine rings is 1. The smallest absolute Gasteiger partial charge is 0.241 e. The Morgan fingerprint density at radius 1 is 1.02 bits per heavy atom. The number of halogens is 1. The number of carbonyl (C=O) groups is 1. The van der Waals surface area contributed by atoms with Gasteiger partial charge in [0.25, 0.3) is 0 Å². The Hall–Kier alpha value is -3.47. The van der Waals surface area contributed by atoms with Crippen LogP contribution in [0, 0.1) is 5.82 Å². The molecule has 1 N–H and O–H groups in total. The van der Waals surface area contributed by atoms with Crippen LogP contribution in [-0.4, -0.2) is 101 Å². The number of carbonyl (C=O) groups excluding carboxylic acids is 1. The van der Waals surface area contributed by atoms with E-state index in [1.165, 1.54) is 12.1 Å². The van der Waals surface area contributed by atoms with Gasteiger partial charge in [0.2, 0.25) is 11.9 Å². The van der Waals surface area contributed by atoms with Crippen LogP contribution >= 0.6 is 0 Å². The highest BCUT2D eigenvalue weighted by Gasteiger charge is 2.41. The van der Waals surface area contributed by atoms with E-state index in [2.05, 4.69) is 63.7 Å². The molecule has 0 unspecified atom stereocenters. The summed E-state index contributed by atoms with van der Waals surface area (Å²) in [4.78, 5) is 36.9. The van der Waals surface area contributed by atoms with Crippen LogP contribution in [0.15, 0.2) is 55.0 Å². The summed E-state index contributed by atoms with van der Waals surface area (Å²) in [5.41, 5.74) is 3.67. The van der Waals surface area contributed by atoms with Gasteiger partial charge in [-0.05, 0) is 55.7 Å². The number of nitrogens with zero attached hydrogens (tertiary/aromatic N) is 7. The fraction of sp³-hybridized carbons (Fsp3) is 0.515. The Morgan fingerprint density at radius 2 is 1.79 bits per heavy atom. The largest absolute Gasteiger partial charge is 0.338 e. The molecule has 0 bridgehead atoms. The van der Waals surface area contributed by atoms with Crippen LogP contribution in [0.1, 0.15) is 44.5 Å². The topological polar surface area (TPSA) is 80.7 Å². The van der Waals surface area contributed by atoms with E-state index in [1.54, 1.807) is 24.5 Å². The van der Waals surface area contributed by atoms with Crippen molar-refractivity contribution >= 4 is 17.5 Å². The van der Waals surface area contributed by atoms with Crippen LogP contribution in [0.5, 0.6) is 0 Å². The van der Waals surface area contributed by atoms with Crippen LogP contribution in [0.25, 0.3) is 0 Å². The Balaban J connectivity index is 1.14. The van der Waals surface area contributed by atoms with Crippen molar-refractivity contribution in [1.29, 1.82) is 0 Å². The van der Waals surface area contributed by atoms with Gasteiger partial charge in [-0.25, -0.2) is 14.4 Å². The highest BCUT2D eigenvalue weighted by molar-refractivity contribution is 5.97. The van der Waals surface area contributed by atoms with Crippen LogP contribution in [0.3, 0.4) is 0 Å². The molecular weight excluding hydrogens is 543 g/mol. The number of hydrogen-bond acceptors (Lipinski definition) is 8. The molecule has 10 heteroatoms. The number of anilines is 2. The molecule has 3 aliphatic rings. The molecule has 3 aliphatic heterocycles. The monoisotopic (exact) mass is 586 g/mol. The number of aromatic nitrogens is 3. The minimum Gasteiger partial charge on any atom is -0.338 e. The first-order chi connectivity index (χ1) is 20.7. The Labute approximate surface area is 254 Å². The Bertz CT molecular complexity index is 1420. The van der Waals surface area contributed by atoms with Gasteiger partial charge in [0.15, 0.2) is 0 Å². The van der Waals surface area contributed by atoms with Gasteiger partial charge < -0.3 is 15.1 Å². The first kappa shape index (κ1) is 29.6. The van der Waals surface area contributed by atoms with Crippen LogP contribution in [0.4, 0.5) is 16.0 Å². The molecule has 2 fully saturated rings. The fourth-order valence-corrected chi connectivity index (χ4v) is 6.77. The molecule has 6 rings (SSSR count). The van der Waals surface area contributed by atoms with Gasteiger partial charge in [-0.3, -0.25) is 19.6 Å². The van der Waals surface area contributed by atoms with Crippen LogP contribution in [0.2, 0.25) is 0 Å². The van der Waals surface area contributed by atoms with Gasteiger partial charge in [0.05, 0.1) is 17.9 Å². The molecule has 1 amide bonds. The van der Waals surface area contributed by atoms with Gasteiger partial charge in [0, 0.05) is 87.9 Å². The second-order valence-corrected chi connectivity index (χ2v) is 13.1. The van der Waals surface area contributed by atoms with E-state index in [0.717, 1.165) is 67.7 Å². The van der Waals surface area contributed by atoms with Crippen molar-refractivity contribution in [2.24, 2.45) is 0 Å². The fourth-order valence-electron chi connectivity index (χ4n) is 6.77. The van der Waals surface area contributed by atoms with Crippen molar-refractivity contribution in [3.05, 3.63) is 77.6 Å². The van der Waals surface area contributed by atoms with Crippen molar-refractivity contribution in [2.75, 3.05) is 62.2 Å². The summed E-state index contributed by atoms with van der Waals surface area (Å²) >= 11 is 0. The van der Waals surface area contributed by atoms with E-state index in [9.17, 15) is 9.18 Å². The van der Waals surface area contributed by atoms with Crippen molar-refractivity contribution in [3.8, 4) is 0 Å². The summed E-state index contributed by atoms with van der Waals surface area (Å²) in [5.74, 6) is 0.664. The van der Waals surface area contributed by atoms with E-state index in [-0.39, 0.29) is 23.2 Å². The molecule has 0 spiro atoms. The summed E-state index contributed by atoms with van der Waals surface area (Å²) in [6, 6.07) is 11.4. The summed E-state index contributed by atoms with van der Waals surface area (Å²) in [7, 11) is 0. The molecule has 2 saturated heterocycles. The molecule has 228 valence electrons. The molecule has 0 radical (unpaired) electrons. The highest BCUT2D eigenvalue weighted by Crippen LogP contribution is 2.40. The minimum atomic E-state index is -0.242. The SMILES string of the molecule is C[C@@H]1CN(CC(=O)N2CC(C)(C)c3ncc(Cc4ccc(F)cc4)cc32)[C@@H](CN2CCN(c3ncccn3)C[C@H]2C)CN1. The average molecular weight is 587 g/mol. The molecule has 3 atom stereocenters. The van der Waals surface area contributed by atoms with Crippen molar-refractivity contribution < 1.29 is 9.18 Å². The number of piperazine rings is 2. The van der Waals surface area contributed by atoms with E-state index in [0.29, 0.717) is 31.6 Å². The second-order valence-electron chi connectivity index (χ2n) is 13.1. The zero-order valence-electron chi connectivity index (χ0n) is 25.7. The maximum absolute atomic E-state index is 14.0. The Morgan fingerprint density at radius 3 is 2.53 bits per heavy atom. The van der Waals surface area contributed by atoms with E-state index in [1.807, 2.05) is 17.2 Å². The van der Waals surface area contributed by atoms with Crippen LogP contribution < -0.4 is 15.1 Å². The molecule has 43 heavy (non-hydrogen) atoms. The quantitative estimate of drug-likeness (QED) is 0.453. The number of amides is 1. The summed E-state index contributed by atoms with van der Waals surface area (Å²) < 4.78 is 13.4. The van der Waals surface area contributed by atoms with Crippen molar-refractivity contribution in [2.45, 2.75) is 57.7 Å². The minimum absolute atomic E-state index is 0.116. The lowest BCUT2D eigenvalue weighted by atomic mass is 9.91. The normalized spacial score (nSPS) is 24.3. The lowest BCUT2D eigenvalue weighted by molar-refractivity contribution is -0.120. The molecule has 9 nitrogen and oxygen atoms in total. The number of fused-ring (bicyclic) bond motifs is 1. The highest BCUT2D eigenvalue weighted by atomic mass is 19.1. The van der Waals surface area contributed by atoms with Gasteiger partial charge in [-0.2, -0.15) is 0 Å². The van der Waals surface area contributed by atoms with Gasteiger partial charge in [-0.1, -0.05) is 26.0 Å². The maximum atomic E-state index is 14.0. The first-order valence-electron chi connectivity index (χ1n) is 15.4. The zero-order valence-corrected chi connectivity index (χ0v) is 25.7. The summed E-state index contributed by atoms with van der Waals surface area (Å²) in [6.45, 7) is 15.0. The van der Waals surface area contributed by atoms with Crippen molar-refractivity contribution in [1.82, 2.24) is 30.1 Å². The van der Waals surface area contributed by atoms with Gasteiger partial charge >= 0.3 is 0 Å². The predicted molar refractivity (Wildman–Crippen MR) is 167 cm³/mol. The second kappa shape index (κ2) is 12.3. The number of rotatable bonds is 7. The summed E-state index contributed by atoms with van der Waals surface area (Å²) in [5, 5.41) is 3.65. The number of nitrogens with one attached hydrogen (secondary N) is 1. The third-order valence-electron chi connectivity index (χ3n) is 9.14. The number of hydrogen-bond donors (Lipinski definition) is 1. The van der Waals surface area contributed by atoms with Gasteiger partial charge in [-0.15, -0.1) is 0 Å². The molecule has 3 aromatic rings. The van der Waals surface area contributed by atoms with Crippen LogP contribution in [-0.2, 0) is 16.6 Å². The predicted octanol–water partition coefficient (Wildman–Crippen LogP) is 3.10. The Kier molecular flexibility index (Phi) is 8.44. The first-order valence-corrected chi connectivity index (χ1v) is 15.4. The number of benzene rings is 1. The third kappa shape index (κ3) is 6.56. The summed E-state index contributed by atoms with van der Waals surface area (Å²) in [6.07, 6.45) is 6.13. The third-order valence-corrected chi connectivity index (χ3v) is 9.14. The lowest BCUT2D eigenvalue weighted by Gasteiger charge is -2.45.